The zero-order valence-electron chi connectivity index (χ0n) is 17.5. The molecule has 4 aromatic rings. The number of pyridine rings is 1. The first-order valence-electron chi connectivity index (χ1n) is 10.2. The van der Waals surface area contributed by atoms with E-state index in [1.807, 2.05) is 51.7 Å². The second-order valence-electron chi connectivity index (χ2n) is 7.62. The summed E-state index contributed by atoms with van der Waals surface area (Å²) in [6.45, 7) is 5.78. The number of hydrogen-bond acceptors (Lipinski definition) is 4. The first-order valence-corrected chi connectivity index (χ1v) is 11.0. The van der Waals surface area contributed by atoms with E-state index < -0.39 is 0 Å². The molecule has 0 spiro atoms. The molecular weight excluding hydrogens is 426 g/mol. The molecular formula is C24H24ClN5S. The van der Waals surface area contributed by atoms with E-state index in [9.17, 15) is 0 Å². The Morgan fingerprint density at radius 2 is 1.65 bits per heavy atom. The number of halogens is 1. The van der Waals surface area contributed by atoms with Crippen LogP contribution in [0.25, 0.3) is 17.1 Å². The standard InChI is InChI=1S/C24H24ClN5S/c1-18(2)28(16-19-6-4-3-5-7-19)17-29-24(31)30(22-10-8-21(25)9-11-22)23(27-29)20-12-14-26-15-13-20/h3-15,18H,16-17H2,1-2H3. The molecule has 2 aromatic heterocycles. The third kappa shape index (κ3) is 4.93. The molecule has 0 fully saturated rings. The summed E-state index contributed by atoms with van der Waals surface area (Å²) in [5, 5.41) is 5.60. The maximum absolute atomic E-state index is 6.11. The number of benzene rings is 2. The lowest BCUT2D eigenvalue weighted by atomic mass is 10.2. The van der Waals surface area contributed by atoms with E-state index in [0.29, 0.717) is 22.5 Å². The minimum Gasteiger partial charge on any atom is -0.278 e. The van der Waals surface area contributed by atoms with Gasteiger partial charge >= 0.3 is 0 Å². The Labute approximate surface area is 192 Å². The van der Waals surface area contributed by atoms with Crippen LogP contribution in [0.2, 0.25) is 5.02 Å². The Hall–Kier alpha value is -2.80. The van der Waals surface area contributed by atoms with Crippen LogP contribution in [0.1, 0.15) is 19.4 Å². The van der Waals surface area contributed by atoms with Crippen LogP contribution >= 0.6 is 23.8 Å². The maximum Gasteiger partial charge on any atom is 0.204 e. The summed E-state index contributed by atoms with van der Waals surface area (Å²) in [6, 6.07) is 22.3. The van der Waals surface area contributed by atoms with Gasteiger partial charge in [0.05, 0.1) is 12.4 Å². The summed E-state index contributed by atoms with van der Waals surface area (Å²) in [6.07, 6.45) is 3.53. The summed E-state index contributed by atoms with van der Waals surface area (Å²) < 4.78 is 4.51. The zero-order chi connectivity index (χ0) is 21.8. The van der Waals surface area contributed by atoms with Gasteiger partial charge in [0.2, 0.25) is 4.77 Å². The summed E-state index contributed by atoms with van der Waals surface area (Å²) in [5.74, 6) is 0.776. The van der Waals surface area contributed by atoms with E-state index in [4.69, 9.17) is 28.9 Å². The van der Waals surface area contributed by atoms with Crippen molar-refractivity contribution < 1.29 is 0 Å². The van der Waals surface area contributed by atoms with Gasteiger partial charge in [0, 0.05) is 35.6 Å². The smallest absolute Gasteiger partial charge is 0.204 e. The zero-order valence-corrected chi connectivity index (χ0v) is 19.1. The molecule has 2 aromatic carbocycles. The molecule has 0 aliphatic heterocycles. The molecule has 0 saturated carbocycles. The van der Waals surface area contributed by atoms with Crippen molar-refractivity contribution in [1.82, 2.24) is 24.2 Å². The fraction of sp³-hybridized carbons (Fsp3) is 0.208. The summed E-state index contributed by atoms with van der Waals surface area (Å²) in [7, 11) is 0. The molecule has 2 heterocycles. The highest BCUT2D eigenvalue weighted by Gasteiger charge is 2.18. The van der Waals surface area contributed by atoms with Crippen LogP contribution in [-0.2, 0) is 13.2 Å². The van der Waals surface area contributed by atoms with Crippen LogP contribution in [0.15, 0.2) is 79.1 Å². The van der Waals surface area contributed by atoms with Crippen molar-refractivity contribution in [2.45, 2.75) is 33.1 Å². The van der Waals surface area contributed by atoms with Crippen LogP contribution in [0.5, 0.6) is 0 Å². The van der Waals surface area contributed by atoms with E-state index in [1.54, 1.807) is 12.4 Å². The predicted octanol–water partition coefficient (Wildman–Crippen LogP) is 5.99. The Balaban J connectivity index is 1.76. The van der Waals surface area contributed by atoms with Gasteiger partial charge in [-0.15, -0.1) is 5.10 Å². The molecule has 5 nitrogen and oxygen atoms in total. The molecule has 0 radical (unpaired) electrons. The molecule has 4 rings (SSSR count). The molecule has 0 N–H and O–H groups in total. The van der Waals surface area contributed by atoms with Crippen molar-refractivity contribution in [1.29, 1.82) is 0 Å². The van der Waals surface area contributed by atoms with E-state index >= 15 is 0 Å². The normalized spacial score (nSPS) is 11.4. The largest absolute Gasteiger partial charge is 0.278 e. The van der Waals surface area contributed by atoms with Crippen LogP contribution in [-0.4, -0.2) is 30.3 Å². The third-order valence-corrected chi connectivity index (χ3v) is 5.78. The van der Waals surface area contributed by atoms with Crippen LogP contribution in [0.4, 0.5) is 0 Å². The summed E-state index contributed by atoms with van der Waals surface area (Å²) in [5.41, 5.74) is 3.13. The van der Waals surface area contributed by atoms with E-state index in [2.05, 4.69) is 48.0 Å². The van der Waals surface area contributed by atoms with E-state index in [0.717, 1.165) is 23.6 Å². The van der Waals surface area contributed by atoms with Gasteiger partial charge in [0.15, 0.2) is 5.82 Å². The van der Waals surface area contributed by atoms with Gasteiger partial charge in [-0.1, -0.05) is 41.9 Å². The first-order chi connectivity index (χ1) is 15.0. The van der Waals surface area contributed by atoms with Gasteiger partial charge in [-0.3, -0.25) is 14.5 Å². The van der Waals surface area contributed by atoms with Gasteiger partial charge in [0.25, 0.3) is 0 Å². The predicted molar refractivity (Wildman–Crippen MR) is 128 cm³/mol. The number of nitrogens with zero attached hydrogens (tertiary/aromatic N) is 5. The quantitative estimate of drug-likeness (QED) is 0.325. The van der Waals surface area contributed by atoms with E-state index in [-0.39, 0.29) is 0 Å². The molecule has 31 heavy (non-hydrogen) atoms. The molecule has 0 aliphatic carbocycles. The van der Waals surface area contributed by atoms with Crippen molar-refractivity contribution in [3.05, 3.63) is 94.5 Å². The lowest BCUT2D eigenvalue weighted by molar-refractivity contribution is 0.153. The molecule has 0 unspecified atom stereocenters. The Bertz CT molecular complexity index is 1180. The van der Waals surface area contributed by atoms with E-state index in [1.165, 1.54) is 5.56 Å². The van der Waals surface area contributed by atoms with Crippen molar-refractivity contribution >= 4 is 23.8 Å². The highest BCUT2D eigenvalue weighted by atomic mass is 35.5. The van der Waals surface area contributed by atoms with Crippen molar-refractivity contribution in [2.75, 3.05) is 0 Å². The third-order valence-electron chi connectivity index (χ3n) is 5.14. The lowest BCUT2D eigenvalue weighted by Gasteiger charge is -2.26. The molecule has 0 atom stereocenters. The average molecular weight is 450 g/mol. The minimum atomic E-state index is 0.326. The molecule has 0 amide bonds. The second kappa shape index (κ2) is 9.56. The fourth-order valence-electron chi connectivity index (χ4n) is 3.40. The fourth-order valence-corrected chi connectivity index (χ4v) is 3.81. The summed E-state index contributed by atoms with van der Waals surface area (Å²) >= 11 is 12.0. The van der Waals surface area contributed by atoms with Gasteiger partial charge in [-0.2, -0.15) is 0 Å². The monoisotopic (exact) mass is 449 g/mol. The second-order valence-corrected chi connectivity index (χ2v) is 8.42. The lowest BCUT2D eigenvalue weighted by Crippen LogP contribution is -2.33. The maximum atomic E-state index is 6.11. The van der Waals surface area contributed by atoms with Crippen molar-refractivity contribution in [2.24, 2.45) is 0 Å². The average Bonchev–Trinajstić information content (AvgIpc) is 3.11. The highest BCUT2D eigenvalue weighted by Crippen LogP contribution is 2.24. The van der Waals surface area contributed by atoms with Crippen LogP contribution < -0.4 is 0 Å². The number of hydrogen-bond donors (Lipinski definition) is 0. The van der Waals surface area contributed by atoms with Gasteiger partial charge in [0.1, 0.15) is 0 Å². The molecule has 0 aliphatic rings. The first kappa shape index (κ1) is 21.4. The number of rotatable bonds is 7. The van der Waals surface area contributed by atoms with Gasteiger partial charge < -0.3 is 0 Å². The summed E-state index contributed by atoms with van der Waals surface area (Å²) in [4.78, 5) is 6.48. The van der Waals surface area contributed by atoms with Crippen LogP contribution in [0, 0.1) is 4.77 Å². The number of aromatic nitrogens is 4. The highest BCUT2D eigenvalue weighted by molar-refractivity contribution is 7.71. The Kier molecular flexibility index (Phi) is 6.61. The Morgan fingerprint density at radius 1 is 0.968 bits per heavy atom. The molecule has 0 bridgehead atoms. The minimum absolute atomic E-state index is 0.326. The topological polar surface area (TPSA) is 38.9 Å². The van der Waals surface area contributed by atoms with Crippen LogP contribution in [0.3, 0.4) is 0 Å². The molecule has 7 heteroatoms. The van der Waals surface area contributed by atoms with Crippen molar-refractivity contribution in [3.8, 4) is 17.1 Å². The molecule has 158 valence electrons. The van der Waals surface area contributed by atoms with Crippen molar-refractivity contribution in [3.63, 3.8) is 0 Å². The SMILES string of the molecule is CC(C)N(Cc1ccccc1)Cn1nc(-c2ccncc2)n(-c2ccc(Cl)cc2)c1=S. The Morgan fingerprint density at radius 3 is 2.29 bits per heavy atom. The van der Waals surface area contributed by atoms with Gasteiger partial charge in [-0.05, 0) is 68.0 Å². The molecule has 0 saturated heterocycles. The van der Waals surface area contributed by atoms with Gasteiger partial charge in [-0.25, -0.2) is 4.68 Å².